The molecular weight excluding hydrogens is 234 g/mol. The number of rotatable bonds is 4. The summed E-state index contributed by atoms with van der Waals surface area (Å²) < 4.78 is 1.65. The van der Waals surface area contributed by atoms with Crippen molar-refractivity contribution in [3.63, 3.8) is 0 Å². The molecule has 0 spiro atoms. The molecule has 17 heavy (non-hydrogen) atoms. The average molecular weight is 249 g/mol. The van der Waals surface area contributed by atoms with E-state index in [0.717, 1.165) is 4.88 Å². The minimum atomic E-state index is -0.285. The normalized spacial score (nSPS) is 14.2. The zero-order valence-corrected chi connectivity index (χ0v) is 10.6. The van der Waals surface area contributed by atoms with Crippen LogP contribution in [-0.2, 0) is 4.79 Å². The van der Waals surface area contributed by atoms with Crippen molar-refractivity contribution in [3.8, 4) is 0 Å². The van der Waals surface area contributed by atoms with Gasteiger partial charge in [0.1, 0.15) is 6.04 Å². The molecule has 0 aromatic carbocycles. The van der Waals surface area contributed by atoms with Gasteiger partial charge in [-0.1, -0.05) is 6.07 Å². The van der Waals surface area contributed by atoms with Gasteiger partial charge >= 0.3 is 0 Å². The second kappa shape index (κ2) is 5.14. The Bertz CT molecular complexity index is 464. The third-order valence-electron chi connectivity index (χ3n) is 2.63. The van der Waals surface area contributed by atoms with Crippen molar-refractivity contribution in [2.45, 2.75) is 25.9 Å². The van der Waals surface area contributed by atoms with Crippen LogP contribution < -0.4 is 5.32 Å². The molecule has 90 valence electrons. The number of hydrogen-bond acceptors (Lipinski definition) is 3. The third-order valence-corrected chi connectivity index (χ3v) is 3.68. The quantitative estimate of drug-likeness (QED) is 0.904. The zero-order chi connectivity index (χ0) is 12.3. The fourth-order valence-corrected chi connectivity index (χ4v) is 2.31. The number of nitrogens with zero attached hydrogens (tertiary/aromatic N) is 2. The Balaban J connectivity index is 1.98. The van der Waals surface area contributed by atoms with Gasteiger partial charge in [-0.05, 0) is 31.4 Å². The number of carbonyl (C=O) groups is 1. The minimum Gasteiger partial charge on any atom is -0.347 e. The van der Waals surface area contributed by atoms with E-state index in [9.17, 15) is 4.79 Å². The summed E-state index contributed by atoms with van der Waals surface area (Å²) in [7, 11) is 0. The van der Waals surface area contributed by atoms with E-state index < -0.39 is 0 Å². The molecule has 2 atom stereocenters. The van der Waals surface area contributed by atoms with Gasteiger partial charge in [0.2, 0.25) is 5.91 Å². The summed E-state index contributed by atoms with van der Waals surface area (Å²) in [6, 6.07) is 5.58. The maximum atomic E-state index is 12.0. The van der Waals surface area contributed by atoms with E-state index in [1.54, 1.807) is 28.4 Å². The van der Waals surface area contributed by atoms with Crippen LogP contribution >= 0.6 is 11.3 Å². The molecule has 0 aliphatic rings. The molecular formula is C12H15N3OS. The lowest BCUT2D eigenvalue weighted by molar-refractivity contribution is -0.124. The first-order valence-electron chi connectivity index (χ1n) is 5.51. The average Bonchev–Trinajstić information content (AvgIpc) is 3.00. The van der Waals surface area contributed by atoms with Crippen molar-refractivity contribution in [2.24, 2.45) is 0 Å². The minimum absolute atomic E-state index is 0.0189. The van der Waals surface area contributed by atoms with Crippen LogP contribution in [0.4, 0.5) is 0 Å². The maximum Gasteiger partial charge on any atom is 0.245 e. The van der Waals surface area contributed by atoms with Gasteiger partial charge in [0.15, 0.2) is 0 Å². The first-order valence-corrected chi connectivity index (χ1v) is 6.39. The van der Waals surface area contributed by atoms with Gasteiger partial charge in [-0.15, -0.1) is 11.3 Å². The van der Waals surface area contributed by atoms with Crippen LogP contribution in [0.5, 0.6) is 0 Å². The van der Waals surface area contributed by atoms with Gasteiger partial charge in [0.05, 0.1) is 6.04 Å². The first kappa shape index (κ1) is 11.9. The van der Waals surface area contributed by atoms with Crippen molar-refractivity contribution in [1.29, 1.82) is 0 Å². The summed E-state index contributed by atoms with van der Waals surface area (Å²) in [6.45, 7) is 3.82. The molecule has 0 saturated heterocycles. The SMILES string of the molecule is C[C@H](NC(=O)[C@@H](C)n1cccn1)c1cccs1. The molecule has 0 aliphatic carbocycles. The largest absolute Gasteiger partial charge is 0.347 e. The Hall–Kier alpha value is -1.62. The van der Waals surface area contributed by atoms with E-state index in [-0.39, 0.29) is 18.0 Å². The molecule has 2 aromatic rings. The van der Waals surface area contributed by atoms with E-state index in [4.69, 9.17) is 0 Å². The molecule has 0 radical (unpaired) electrons. The van der Waals surface area contributed by atoms with Crippen LogP contribution in [0.25, 0.3) is 0 Å². The van der Waals surface area contributed by atoms with Crippen molar-refractivity contribution < 1.29 is 4.79 Å². The van der Waals surface area contributed by atoms with Crippen LogP contribution in [0.15, 0.2) is 36.0 Å². The van der Waals surface area contributed by atoms with Crippen LogP contribution in [-0.4, -0.2) is 15.7 Å². The second-order valence-electron chi connectivity index (χ2n) is 3.91. The number of aromatic nitrogens is 2. The summed E-state index contributed by atoms with van der Waals surface area (Å²) in [6.07, 6.45) is 3.46. The maximum absolute atomic E-state index is 12.0. The van der Waals surface area contributed by atoms with E-state index in [2.05, 4.69) is 10.4 Å². The van der Waals surface area contributed by atoms with Crippen molar-refractivity contribution in [1.82, 2.24) is 15.1 Å². The molecule has 0 fully saturated rings. The first-order chi connectivity index (χ1) is 8.18. The summed E-state index contributed by atoms with van der Waals surface area (Å²) in [5.74, 6) is -0.0189. The van der Waals surface area contributed by atoms with Crippen LogP contribution in [0.2, 0.25) is 0 Å². The lowest BCUT2D eigenvalue weighted by Crippen LogP contribution is -2.32. The summed E-state index contributed by atoms with van der Waals surface area (Å²) in [5, 5.41) is 9.06. The van der Waals surface area contributed by atoms with E-state index >= 15 is 0 Å². The summed E-state index contributed by atoms with van der Waals surface area (Å²) >= 11 is 1.65. The molecule has 4 nitrogen and oxygen atoms in total. The Morgan fingerprint density at radius 2 is 2.29 bits per heavy atom. The fraction of sp³-hybridized carbons (Fsp3) is 0.333. The van der Waals surface area contributed by atoms with Gasteiger partial charge in [0, 0.05) is 17.3 Å². The Morgan fingerprint density at radius 1 is 1.47 bits per heavy atom. The predicted octanol–water partition coefficient (Wildman–Crippen LogP) is 2.38. The van der Waals surface area contributed by atoms with E-state index in [1.807, 2.05) is 37.4 Å². The van der Waals surface area contributed by atoms with Gasteiger partial charge < -0.3 is 5.32 Å². The fourth-order valence-electron chi connectivity index (χ4n) is 1.57. The molecule has 0 unspecified atom stereocenters. The monoisotopic (exact) mass is 249 g/mol. The molecule has 1 N–H and O–H groups in total. The molecule has 2 aromatic heterocycles. The molecule has 2 rings (SSSR count). The van der Waals surface area contributed by atoms with Gasteiger partial charge in [0.25, 0.3) is 0 Å². The number of amides is 1. The van der Waals surface area contributed by atoms with E-state index in [0.29, 0.717) is 0 Å². The van der Waals surface area contributed by atoms with Crippen LogP contribution in [0.3, 0.4) is 0 Å². The Kier molecular flexibility index (Phi) is 3.58. The highest BCUT2D eigenvalue weighted by atomic mass is 32.1. The van der Waals surface area contributed by atoms with Crippen molar-refractivity contribution in [2.75, 3.05) is 0 Å². The molecule has 2 heterocycles. The Labute approximate surface area is 104 Å². The Morgan fingerprint density at radius 3 is 2.88 bits per heavy atom. The molecule has 5 heteroatoms. The highest BCUT2D eigenvalue weighted by Crippen LogP contribution is 2.18. The number of thiophene rings is 1. The molecule has 0 bridgehead atoms. The van der Waals surface area contributed by atoms with Crippen molar-refractivity contribution >= 4 is 17.2 Å². The topological polar surface area (TPSA) is 46.9 Å². The highest BCUT2D eigenvalue weighted by molar-refractivity contribution is 7.10. The zero-order valence-electron chi connectivity index (χ0n) is 9.83. The number of nitrogens with one attached hydrogen (secondary N) is 1. The lowest BCUT2D eigenvalue weighted by atomic mass is 10.2. The molecule has 0 saturated carbocycles. The van der Waals surface area contributed by atoms with Crippen molar-refractivity contribution in [3.05, 3.63) is 40.8 Å². The number of carbonyl (C=O) groups excluding carboxylic acids is 1. The standard InChI is InChI=1S/C12H15N3OS/c1-9(11-5-3-8-17-11)14-12(16)10(2)15-7-4-6-13-15/h3-10H,1-2H3,(H,14,16)/t9-,10+/m0/s1. The summed E-state index contributed by atoms with van der Waals surface area (Å²) in [5.41, 5.74) is 0. The highest BCUT2D eigenvalue weighted by Gasteiger charge is 2.17. The molecule has 1 amide bonds. The molecule has 0 aliphatic heterocycles. The van der Waals surface area contributed by atoms with Crippen LogP contribution in [0, 0.1) is 0 Å². The third kappa shape index (κ3) is 2.74. The predicted molar refractivity (Wildman–Crippen MR) is 67.8 cm³/mol. The smallest absolute Gasteiger partial charge is 0.245 e. The number of hydrogen-bond donors (Lipinski definition) is 1. The van der Waals surface area contributed by atoms with Gasteiger partial charge in [-0.3, -0.25) is 9.48 Å². The van der Waals surface area contributed by atoms with Crippen LogP contribution in [0.1, 0.15) is 30.8 Å². The second-order valence-corrected chi connectivity index (χ2v) is 4.89. The van der Waals surface area contributed by atoms with Gasteiger partial charge in [-0.2, -0.15) is 5.10 Å². The summed E-state index contributed by atoms with van der Waals surface area (Å²) in [4.78, 5) is 13.1. The van der Waals surface area contributed by atoms with Gasteiger partial charge in [-0.25, -0.2) is 0 Å². The van der Waals surface area contributed by atoms with E-state index in [1.165, 1.54) is 0 Å². The lowest BCUT2D eigenvalue weighted by Gasteiger charge is -2.16.